The van der Waals surface area contributed by atoms with Crippen LogP contribution in [-0.4, -0.2) is 155 Å². The van der Waals surface area contributed by atoms with Gasteiger partial charge in [-0.2, -0.15) is 4.99 Å². The number of aliphatic imine (C=N–C) groups is 1. The largest absolute Gasteiger partial charge is 1.00 e. The van der Waals surface area contributed by atoms with E-state index in [2.05, 4.69) is 76.6 Å². The molecule has 15 aromatic rings. The molecule has 7 aromatic carbocycles. The molecule has 32 nitrogen and oxygen atoms in total. The number of H-pyrrole nitrogens is 4. The van der Waals surface area contributed by atoms with Gasteiger partial charge in [0, 0.05) is 81.7 Å². The van der Waals surface area contributed by atoms with E-state index in [1.54, 1.807) is 69.8 Å². The molecular weight excluding hydrogens is 1680 g/mol. The average Bonchev–Trinajstić information content (AvgIpc) is 1.60. The van der Waals surface area contributed by atoms with Crippen LogP contribution in [0.1, 0.15) is 54.6 Å². The number of carbonyl (C=O) groups excluding carboxylic acids is 9. The molecule has 0 spiro atoms. The molecule has 118 heavy (non-hydrogen) atoms. The van der Waals surface area contributed by atoms with Gasteiger partial charge in [0.15, 0.2) is 5.69 Å². The van der Waals surface area contributed by atoms with Crippen molar-refractivity contribution >= 4 is 194 Å². The van der Waals surface area contributed by atoms with Gasteiger partial charge in [0.25, 0.3) is 30.0 Å². The van der Waals surface area contributed by atoms with E-state index in [0.29, 0.717) is 38.3 Å². The Balaban J connectivity index is 0.000000195. The van der Waals surface area contributed by atoms with Crippen LogP contribution in [0, 0.1) is 6.08 Å². The van der Waals surface area contributed by atoms with Gasteiger partial charge in [0.05, 0.1) is 105 Å². The van der Waals surface area contributed by atoms with Crippen LogP contribution in [0.3, 0.4) is 0 Å². The number of imide groups is 1. The van der Waals surface area contributed by atoms with E-state index in [-0.39, 0.29) is 161 Å². The average molecular weight is 1750 g/mol. The molecule has 3 aliphatic heterocycles. The normalized spacial score (nSPS) is 12.4. The van der Waals surface area contributed by atoms with Crippen LogP contribution >= 0.6 is 22.6 Å². The number of ether oxygens (including phenoxy) is 3. The zero-order valence-electron chi connectivity index (χ0n) is 64.3. The molecule has 0 bridgehead atoms. The van der Waals surface area contributed by atoms with Gasteiger partial charge in [-0.3, -0.25) is 48.2 Å². The number of imidazole rings is 5. The number of halogens is 1. The summed E-state index contributed by atoms with van der Waals surface area (Å²) in [6, 6.07) is 53.7. The molecule has 0 radical (unpaired) electrons. The van der Waals surface area contributed by atoms with E-state index < -0.39 is 23.6 Å². The van der Waals surface area contributed by atoms with Crippen LogP contribution in [0.25, 0.3) is 112 Å². The van der Waals surface area contributed by atoms with Gasteiger partial charge in [-0.25, -0.2) is 34.3 Å². The number of esters is 1. The number of aromatic amines is 4. The third kappa shape index (κ3) is 22.7. The molecule has 1 saturated heterocycles. The number of amides is 6. The topological polar surface area (TPSA) is 463 Å². The first kappa shape index (κ1) is 91.9. The van der Waals surface area contributed by atoms with Gasteiger partial charge in [-0.05, 0) is 79.6 Å². The summed E-state index contributed by atoms with van der Waals surface area (Å²) in [4.78, 5) is 140. The number of primary amides is 3. The number of ketones is 1. The van der Waals surface area contributed by atoms with Crippen LogP contribution < -0.4 is 131 Å². The molecule has 11 N–H and O–H groups in total. The molecule has 35 heteroatoms. The molecule has 0 unspecified atom stereocenters. The zero-order chi connectivity index (χ0) is 81.3. The van der Waals surface area contributed by atoms with Crippen LogP contribution in [0.15, 0.2) is 231 Å². The number of para-hydroxylation sites is 11. The molecule has 11 heterocycles. The number of hydrogen-bond acceptors (Lipinski definition) is 19. The number of rotatable bonds is 12. The second-order valence-corrected chi connectivity index (χ2v) is 25.3. The first-order chi connectivity index (χ1) is 55.9. The Kier molecular flexibility index (Phi) is 35.2. The number of allylic oxidation sites excluding steroid dienone is 2. The maximum Gasteiger partial charge on any atom is 1.00 e. The van der Waals surface area contributed by atoms with Crippen LogP contribution in [0.2, 0.25) is 0 Å². The van der Waals surface area contributed by atoms with Gasteiger partial charge in [0.2, 0.25) is 29.3 Å². The number of hydrogen-bond donors (Lipinski definition) is 8. The second kappa shape index (κ2) is 45.2. The third-order valence-electron chi connectivity index (χ3n) is 17.2. The summed E-state index contributed by atoms with van der Waals surface area (Å²) in [7, 11) is 2.71. The Morgan fingerprint density at radius 1 is 0.568 bits per heavy atom. The summed E-state index contributed by atoms with van der Waals surface area (Å²) >= 11 is 1.90. The predicted molar refractivity (Wildman–Crippen MR) is 446 cm³/mol. The van der Waals surface area contributed by atoms with Crippen molar-refractivity contribution in [1.29, 1.82) is 0 Å². The number of Topliss-reactive ketones (excluding diaryl/α,β-unsaturated/α-hetero) is 1. The smallest absolute Gasteiger partial charge is 1.00 e. The van der Waals surface area contributed by atoms with E-state index in [1.165, 1.54) is 33.3 Å². The summed E-state index contributed by atoms with van der Waals surface area (Å²) in [6.07, 6.45) is 24.2. The minimum Gasteiger partial charge on any atom is -1.00 e. The van der Waals surface area contributed by atoms with Crippen molar-refractivity contribution < 1.29 is 172 Å². The number of benzene rings is 7. The van der Waals surface area contributed by atoms with Gasteiger partial charge in [-0.15, -0.1) is 0 Å². The molecule has 8 aromatic heterocycles. The number of nitrogens with one attached hydrogen (secondary N) is 5. The van der Waals surface area contributed by atoms with E-state index in [9.17, 15) is 38.4 Å². The number of aromatic nitrogens is 13. The number of carbonyl (C=O) groups is 9. The standard InChI is InChI=1S/C20H14N4O2.C19H10N4O2.C11H9NO3.2C9H9N3O.C7H6N2.C4H8O.C2H4INO.CH2O3.CH4.2K.H/c1-26-20-18(24-11-22-15-8-4-5-9-16(15)24)17(19(25)23-20)13-10-21-14-7-3-2-6-12(13)14;24-18-16(12-9-20-13-6-2-1-5-11(12)13)17(19(25)22-18)23-10-21-14-7-3-4-8-15(14)23;1-15-11(14)10(13)8-6-12-9-5-3-2-4-7(8)9;2*10-9(13)5-12-6-11-7-3-1-2-4-8(7)12;1-2-4-7-6(3-1)8-5-9-7;1-2-4-5-3-1;3-1-2(4)5;2-1-4-3;;;;/h2-11,21H,1H3;1-3,5-10H,(H-,20,22,24,25);2-6,12H,1H3;2*1-4,6H,5H2,(H2,10,13);1-5H,(H,8,9);1-4H2;1H2,(H2,4,5);1,3H;1H4;;;/q;;;;;;;;;;2*+1;-1. The zero-order valence-corrected chi connectivity index (χ0v) is 71.7. The van der Waals surface area contributed by atoms with Gasteiger partial charge in [0.1, 0.15) is 49.3 Å². The van der Waals surface area contributed by atoms with E-state index in [1.807, 2.05) is 203 Å². The fourth-order valence-corrected chi connectivity index (χ4v) is 12.2. The van der Waals surface area contributed by atoms with Gasteiger partial charge in [-0.1, -0.05) is 133 Å². The van der Waals surface area contributed by atoms with Crippen molar-refractivity contribution in [3.8, 4) is 0 Å². The van der Waals surface area contributed by atoms with E-state index >= 15 is 0 Å². The Morgan fingerprint density at radius 3 is 1.54 bits per heavy atom. The number of fused-ring (bicyclic) bond motifs is 8. The predicted octanol–water partition coefficient (Wildman–Crippen LogP) is 3.73. The number of alkyl halides is 1. The molecule has 4 aliphatic rings. The van der Waals surface area contributed by atoms with E-state index in [0.717, 1.165) is 107 Å². The SMILES string of the molecule is C.C1CCOC1.COC(=O)C(=O)c1c[nH]c2ccccc12.COC1=NC(=O)C(c2c[nH]c3ccccc23)=C1n1cnc2ccccc21.NC(=O)CI.NC(=O)Cn1cnc2ccccc21.NC(=O)Cn1cnc2ccccc21.O=C1NC(=O)C(n2cnc3c2C=[C+]C=C3)=C1c1c[nH]c2ccccc12.O=CO[O-].[H-].[K+].[K+].c1ccc2[nH]cnc2c1. The summed E-state index contributed by atoms with van der Waals surface area (Å²) in [5.41, 5.74) is 30.0. The number of nitrogens with two attached hydrogens (primary N) is 3. The quantitative estimate of drug-likeness (QED) is 0.00738. The fourth-order valence-electron chi connectivity index (χ4n) is 12.2. The molecular formula is C83H76IK2N18O14+. The molecule has 0 atom stereocenters. The molecule has 6 amide bonds. The first-order valence-electron chi connectivity index (χ1n) is 34.9. The summed E-state index contributed by atoms with van der Waals surface area (Å²) in [5, 5.41) is 13.4. The van der Waals surface area contributed by atoms with Crippen molar-refractivity contribution in [3.05, 3.63) is 260 Å². The Morgan fingerprint density at radius 2 is 1.03 bits per heavy atom. The van der Waals surface area contributed by atoms with Crippen molar-refractivity contribution in [2.75, 3.05) is 31.9 Å². The maximum atomic E-state index is 12.8. The fraction of sp³-hybridized carbons (Fsp3) is 0.120. The minimum absolute atomic E-state index is 0. The van der Waals surface area contributed by atoms with Crippen LogP contribution in [0.4, 0.5) is 0 Å². The Bertz CT molecular complexity index is 6140. The monoisotopic (exact) mass is 1750 g/mol. The van der Waals surface area contributed by atoms with Crippen molar-refractivity contribution in [1.82, 2.24) is 68.4 Å². The summed E-state index contributed by atoms with van der Waals surface area (Å²) in [6.45, 7) is 2.18. The van der Waals surface area contributed by atoms with Crippen molar-refractivity contribution in [3.63, 3.8) is 0 Å². The van der Waals surface area contributed by atoms with Crippen molar-refractivity contribution in [2.24, 2.45) is 22.2 Å². The van der Waals surface area contributed by atoms with Gasteiger partial charge < -0.3 is 72.1 Å². The Labute approximate surface area is 772 Å². The second-order valence-electron chi connectivity index (χ2n) is 24.5. The summed E-state index contributed by atoms with van der Waals surface area (Å²) in [5.74, 6) is -3.33. The number of methoxy groups -OCH3 is 2. The Hall–Kier alpha value is -11.7. The first-order valence-corrected chi connectivity index (χ1v) is 36.5. The molecule has 1 aliphatic carbocycles. The van der Waals surface area contributed by atoms with Crippen LogP contribution in [-0.2, 0) is 70.5 Å². The minimum atomic E-state index is -0.847. The maximum absolute atomic E-state index is 12.8. The molecule has 590 valence electrons. The van der Waals surface area contributed by atoms with Crippen LogP contribution in [0.5, 0.6) is 0 Å². The number of nitrogens with zero attached hydrogens (tertiary/aromatic N) is 10. The van der Waals surface area contributed by atoms with Gasteiger partial charge >= 0.3 is 109 Å². The third-order valence-corrected chi connectivity index (χ3v) is 18.0. The summed E-state index contributed by atoms with van der Waals surface area (Å²) < 4.78 is 22.1. The molecule has 19 rings (SSSR count). The van der Waals surface area contributed by atoms with Crippen molar-refractivity contribution in [2.45, 2.75) is 33.4 Å². The molecule has 0 saturated carbocycles. The van der Waals surface area contributed by atoms with E-state index in [4.69, 9.17) is 31.0 Å². The molecule has 1 fully saturated rings.